The molecule has 2 aromatic rings. The number of halogens is 1. The smallest absolute Gasteiger partial charge is 0.185 e. The van der Waals surface area contributed by atoms with Gasteiger partial charge in [-0.05, 0) is 42.0 Å². The second-order valence-electron chi connectivity index (χ2n) is 5.49. The van der Waals surface area contributed by atoms with E-state index in [1.807, 2.05) is 0 Å². The van der Waals surface area contributed by atoms with Crippen molar-refractivity contribution in [2.24, 2.45) is 0 Å². The molecule has 21 heavy (non-hydrogen) atoms. The molecule has 3 rings (SSSR count). The quantitative estimate of drug-likeness (QED) is 0.814. The summed E-state index contributed by atoms with van der Waals surface area (Å²) in [6.07, 6.45) is 0.393. The van der Waals surface area contributed by atoms with Crippen LogP contribution in [0.3, 0.4) is 0 Å². The van der Waals surface area contributed by atoms with Gasteiger partial charge in [-0.15, -0.1) is 5.10 Å². The zero-order chi connectivity index (χ0) is 15.3. The van der Waals surface area contributed by atoms with Gasteiger partial charge in [0.25, 0.3) is 0 Å². The number of nitrogens with zero attached hydrogens (tertiary/aromatic N) is 4. The second kappa shape index (κ2) is 4.48. The minimum atomic E-state index is -3.13. The Morgan fingerprint density at radius 1 is 1.43 bits per heavy atom. The summed E-state index contributed by atoms with van der Waals surface area (Å²) in [5, 5.41) is 11.3. The Labute approximate surface area is 120 Å². The Morgan fingerprint density at radius 3 is 2.81 bits per heavy atom. The fraction of sp³-hybridized carbons (Fsp3) is 0.417. The van der Waals surface area contributed by atoms with E-state index in [1.165, 1.54) is 16.8 Å². The van der Waals surface area contributed by atoms with Crippen LogP contribution in [0.25, 0.3) is 11.4 Å². The Balaban J connectivity index is 2.10. The molecular formula is C12H14FN5O2S. The van der Waals surface area contributed by atoms with Crippen molar-refractivity contribution in [1.29, 1.82) is 0 Å². The molecule has 0 aliphatic carbocycles. The van der Waals surface area contributed by atoms with E-state index in [0.29, 0.717) is 12.1 Å². The third kappa shape index (κ3) is 2.37. The first-order chi connectivity index (χ1) is 9.81. The average Bonchev–Trinajstić information content (AvgIpc) is 2.95. The molecule has 0 spiro atoms. The number of nitrogens with two attached hydrogens (primary N) is 1. The third-order valence-corrected chi connectivity index (χ3v) is 5.59. The van der Waals surface area contributed by atoms with Crippen LogP contribution < -0.4 is 5.73 Å². The van der Waals surface area contributed by atoms with Gasteiger partial charge in [0, 0.05) is 5.69 Å². The fourth-order valence-corrected chi connectivity index (χ4v) is 4.70. The molecule has 2 heterocycles. The maximum absolute atomic E-state index is 14.1. The van der Waals surface area contributed by atoms with Crippen molar-refractivity contribution in [3.05, 3.63) is 24.0 Å². The minimum absolute atomic E-state index is 0.0609. The number of sulfone groups is 1. The Morgan fingerprint density at radius 2 is 2.19 bits per heavy atom. The molecule has 1 aliphatic rings. The van der Waals surface area contributed by atoms with Crippen molar-refractivity contribution < 1.29 is 12.8 Å². The molecule has 2 N–H and O–H groups in total. The molecule has 1 atom stereocenters. The van der Waals surface area contributed by atoms with Gasteiger partial charge in [-0.2, -0.15) is 0 Å². The van der Waals surface area contributed by atoms with E-state index in [1.54, 1.807) is 13.0 Å². The first kappa shape index (κ1) is 13.9. The number of hydrogen-bond acceptors (Lipinski definition) is 6. The first-order valence-electron chi connectivity index (χ1n) is 6.35. The number of aromatic nitrogens is 4. The molecule has 1 unspecified atom stereocenters. The molecule has 1 fully saturated rings. The van der Waals surface area contributed by atoms with E-state index in [9.17, 15) is 12.8 Å². The van der Waals surface area contributed by atoms with Crippen molar-refractivity contribution in [2.75, 3.05) is 17.2 Å². The van der Waals surface area contributed by atoms with E-state index in [-0.39, 0.29) is 22.9 Å². The molecule has 0 radical (unpaired) electrons. The van der Waals surface area contributed by atoms with Crippen molar-refractivity contribution in [3.63, 3.8) is 0 Å². The predicted octanol–water partition coefficient (Wildman–Crippen LogP) is 0.595. The summed E-state index contributed by atoms with van der Waals surface area (Å²) in [7, 11) is -3.13. The van der Waals surface area contributed by atoms with Gasteiger partial charge in [0.15, 0.2) is 15.7 Å². The summed E-state index contributed by atoms with van der Waals surface area (Å²) < 4.78 is 38.9. The average molecular weight is 311 g/mol. The van der Waals surface area contributed by atoms with Crippen LogP contribution in [0.4, 0.5) is 10.1 Å². The predicted molar refractivity (Wildman–Crippen MR) is 74.5 cm³/mol. The molecule has 1 aromatic heterocycles. The highest BCUT2D eigenvalue weighted by Crippen LogP contribution is 2.33. The summed E-state index contributed by atoms with van der Waals surface area (Å²) in [6, 6.07) is 4.22. The Hall–Kier alpha value is -2.03. The summed E-state index contributed by atoms with van der Waals surface area (Å²) >= 11 is 0. The summed E-state index contributed by atoms with van der Waals surface area (Å²) in [5.41, 5.74) is 5.24. The van der Waals surface area contributed by atoms with E-state index < -0.39 is 21.2 Å². The van der Waals surface area contributed by atoms with Gasteiger partial charge in [-0.3, -0.25) is 0 Å². The highest BCUT2D eigenvalue weighted by molar-refractivity contribution is 7.91. The lowest BCUT2D eigenvalue weighted by Gasteiger charge is -2.23. The third-order valence-electron chi connectivity index (χ3n) is 3.70. The number of rotatable bonds is 2. The van der Waals surface area contributed by atoms with Gasteiger partial charge in [-0.25, -0.2) is 17.5 Å². The zero-order valence-electron chi connectivity index (χ0n) is 11.3. The van der Waals surface area contributed by atoms with Gasteiger partial charge in [0.05, 0.1) is 22.6 Å². The normalized spacial score (nSPS) is 24.3. The number of hydrogen-bond donors (Lipinski definition) is 1. The lowest BCUT2D eigenvalue weighted by molar-refractivity contribution is 0.324. The molecule has 1 aromatic carbocycles. The standard InChI is InChI=1S/C12H14FN5O2S/c1-12(4-5-21(19,20)7-12)18-11(15-16-17-18)9-3-2-8(14)6-10(9)13/h2-3,6H,4-5,7,14H2,1H3. The van der Waals surface area contributed by atoms with Crippen molar-refractivity contribution in [3.8, 4) is 11.4 Å². The molecule has 0 saturated carbocycles. The molecular weight excluding hydrogens is 297 g/mol. The topological polar surface area (TPSA) is 104 Å². The van der Waals surface area contributed by atoms with Crippen LogP contribution in [-0.2, 0) is 15.4 Å². The molecule has 0 amide bonds. The lowest BCUT2D eigenvalue weighted by Crippen LogP contribution is -2.33. The fourth-order valence-electron chi connectivity index (χ4n) is 2.59. The van der Waals surface area contributed by atoms with E-state index in [4.69, 9.17) is 5.73 Å². The SMILES string of the molecule is CC1(n2nnnc2-c2ccc(N)cc2F)CCS(=O)(=O)C1. The summed E-state index contributed by atoms with van der Waals surface area (Å²) in [4.78, 5) is 0. The Bertz CT molecular complexity index is 804. The van der Waals surface area contributed by atoms with Crippen LogP contribution in [0, 0.1) is 5.82 Å². The number of benzene rings is 1. The van der Waals surface area contributed by atoms with Gasteiger partial charge >= 0.3 is 0 Å². The van der Waals surface area contributed by atoms with Crippen LogP contribution in [0.2, 0.25) is 0 Å². The second-order valence-corrected chi connectivity index (χ2v) is 7.68. The largest absolute Gasteiger partial charge is 0.399 e. The zero-order valence-corrected chi connectivity index (χ0v) is 12.1. The van der Waals surface area contributed by atoms with E-state index in [0.717, 1.165) is 0 Å². The summed E-state index contributed by atoms with van der Waals surface area (Å²) in [5.74, 6) is -0.329. The van der Waals surface area contributed by atoms with E-state index >= 15 is 0 Å². The van der Waals surface area contributed by atoms with Crippen LogP contribution in [0.5, 0.6) is 0 Å². The van der Waals surface area contributed by atoms with Gasteiger partial charge in [0.2, 0.25) is 0 Å². The van der Waals surface area contributed by atoms with Gasteiger partial charge in [-0.1, -0.05) is 0 Å². The van der Waals surface area contributed by atoms with Crippen molar-refractivity contribution >= 4 is 15.5 Å². The molecule has 1 aliphatic heterocycles. The molecule has 1 saturated heterocycles. The monoisotopic (exact) mass is 311 g/mol. The van der Waals surface area contributed by atoms with Crippen molar-refractivity contribution in [2.45, 2.75) is 18.9 Å². The summed E-state index contributed by atoms with van der Waals surface area (Å²) in [6.45, 7) is 1.76. The van der Waals surface area contributed by atoms with Gasteiger partial charge < -0.3 is 5.73 Å². The maximum atomic E-state index is 14.1. The molecule has 112 valence electrons. The van der Waals surface area contributed by atoms with Gasteiger partial charge in [0.1, 0.15) is 5.82 Å². The highest BCUT2D eigenvalue weighted by Gasteiger charge is 2.42. The minimum Gasteiger partial charge on any atom is -0.399 e. The van der Waals surface area contributed by atoms with Crippen LogP contribution in [0.15, 0.2) is 18.2 Å². The lowest BCUT2D eigenvalue weighted by atomic mass is 10.0. The maximum Gasteiger partial charge on any atom is 0.185 e. The number of anilines is 1. The number of nitrogen functional groups attached to an aromatic ring is 1. The van der Waals surface area contributed by atoms with Crippen LogP contribution >= 0.6 is 0 Å². The van der Waals surface area contributed by atoms with E-state index in [2.05, 4.69) is 15.5 Å². The number of tetrazole rings is 1. The van der Waals surface area contributed by atoms with Crippen LogP contribution in [0.1, 0.15) is 13.3 Å². The highest BCUT2D eigenvalue weighted by atomic mass is 32.2. The molecule has 9 heteroatoms. The molecule has 7 nitrogen and oxygen atoms in total. The molecule has 0 bridgehead atoms. The Kier molecular flexibility index (Phi) is 2.97. The van der Waals surface area contributed by atoms with Crippen LogP contribution in [-0.4, -0.2) is 40.1 Å². The first-order valence-corrected chi connectivity index (χ1v) is 8.18. The van der Waals surface area contributed by atoms with Crippen molar-refractivity contribution in [1.82, 2.24) is 20.2 Å².